The zero-order chi connectivity index (χ0) is 14.2. The van der Waals surface area contributed by atoms with Gasteiger partial charge in [0.05, 0.1) is 0 Å². The quantitative estimate of drug-likeness (QED) is 0.732. The molecule has 0 saturated heterocycles. The van der Waals surface area contributed by atoms with E-state index in [0.717, 1.165) is 23.2 Å². The Morgan fingerprint density at radius 1 is 1.32 bits per heavy atom. The molecule has 2 amide bonds. The van der Waals surface area contributed by atoms with Crippen molar-refractivity contribution in [3.8, 4) is 0 Å². The Morgan fingerprint density at radius 3 is 2.58 bits per heavy atom. The summed E-state index contributed by atoms with van der Waals surface area (Å²) in [5, 5.41) is 5.88. The van der Waals surface area contributed by atoms with Gasteiger partial charge in [-0.25, -0.2) is 4.79 Å². The number of benzene rings is 1. The number of nitrogens with two attached hydrogens (primary N) is 1. The molecular weight excluding hydrogens is 238 g/mol. The summed E-state index contributed by atoms with van der Waals surface area (Å²) in [6.45, 7) is 8.31. The largest absolute Gasteiger partial charge is 0.398 e. The van der Waals surface area contributed by atoms with Crippen molar-refractivity contribution in [2.24, 2.45) is 11.8 Å². The minimum atomic E-state index is -0.139. The van der Waals surface area contributed by atoms with Crippen molar-refractivity contribution < 1.29 is 4.79 Å². The van der Waals surface area contributed by atoms with Crippen LogP contribution in [0.4, 0.5) is 16.2 Å². The summed E-state index contributed by atoms with van der Waals surface area (Å²) in [5.41, 5.74) is 9.41. The van der Waals surface area contributed by atoms with Crippen molar-refractivity contribution in [3.63, 3.8) is 0 Å². The van der Waals surface area contributed by atoms with Crippen LogP contribution in [0.15, 0.2) is 12.1 Å². The standard InChI is InChI=1S/C15H23N3O/c1-8(2)11-6-14(11)18-15(19)17-13-7-12(16)9(3)5-10(13)4/h5,7-8,11,14H,6,16H2,1-4H3,(H2,17,18,19). The Labute approximate surface area is 114 Å². The van der Waals surface area contributed by atoms with Gasteiger partial charge >= 0.3 is 6.03 Å². The van der Waals surface area contributed by atoms with E-state index in [-0.39, 0.29) is 6.03 Å². The summed E-state index contributed by atoms with van der Waals surface area (Å²) in [4.78, 5) is 11.9. The van der Waals surface area contributed by atoms with Gasteiger partial charge in [-0.3, -0.25) is 0 Å². The molecule has 0 radical (unpaired) electrons. The molecule has 1 aliphatic carbocycles. The number of carbonyl (C=O) groups excluding carboxylic acids is 1. The van der Waals surface area contributed by atoms with Crippen molar-refractivity contribution in [1.29, 1.82) is 0 Å². The topological polar surface area (TPSA) is 67.2 Å². The van der Waals surface area contributed by atoms with E-state index in [2.05, 4.69) is 24.5 Å². The fraction of sp³-hybridized carbons (Fsp3) is 0.533. The predicted molar refractivity (Wildman–Crippen MR) is 79.2 cm³/mol. The molecule has 4 nitrogen and oxygen atoms in total. The first kappa shape index (κ1) is 13.7. The summed E-state index contributed by atoms with van der Waals surface area (Å²) < 4.78 is 0. The van der Waals surface area contributed by atoms with Gasteiger partial charge in [-0.1, -0.05) is 19.9 Å². The van der Waals surface area contributed by atoms with Crippen LogP contribution in [-0.2, 0) is 0 Å². The second-order valence-corrected chi connectivity index (χ2v) is 5.87. The van der Waals surface area contributed by atoms with Gasteiger partial charge < -0.3 is 16.4 Å². The average molecular weight is 261 g/mol. The van der Waals surface area contributed by atoms with Crippen LogP contribution in [0.3, 0.4) is 0 Å². The number of anilines is 2. The number of hydrogen-bond donors (Lipinski definition) is 3. The minimum Gasteiger partial charge on any atom is -0.398 e. The lowest BCUT2D eigenvalue weighted by Crippen LogP contribution is -2.32. The fourth-order valence-electron chi connectivity index (χ4n) is 2.45. The third-order valence-electron chi connectivity index (χ3n) is 3.87. The van der Waals surface area contributed by atoms with Crippen LogP contribution in [0, 0.1) is 25.7 Å². The average Bonchev–Trinajstić information content (AvgIpc) is 3.05. The van der Waals surface area contributed by atoms with E-state index in [0.29, 0.717) is 23.6 Å². The molecule has 0 aromatic heterocycles. The van der Waals surface area contributed by atoms with Crippen LogP contribution in [-0.4, -0.2) is 12.1 Å². The molecule has 1 fully saturated rings. The fourth-order valence-corrected chi connectivity index (χ4v) is 2.45. The monoisotopic (exact) mass is 261 g/mol. The van der Waals surface area contributed by atoms with Gasteiger partial charge in [0.2, 0.25) is 0 Å². The molecule has 0 aliphatic heterocycles. The second-order valence-electron chi connectivity index (χ2n) is 5.87. The SMILES string of the molecule is Cc1cc(C)c(NC(=O)NC2CC2C(C)C)cc1N. The van der Waals surface area contributed by atoms with Gasteiger partial charge in [-0.15, -0.1) is 0 Å². The molecule has 0 heterocycles. The van der Waals surface area contributed by atoms with Crippen LogP contribution in [0.2, 0.25) is 0 Å². The van der Waals surface area contributed by atoms with Crippen LogP contribution >= 0.6 is 0 Å². The number of rotatable bonds is 3. The number of nitrogen functional groups attached to an aromatic ring is 1. The van der Waals surface area contributed by atoms with Crippen LogP contribution in [0.1, 0.15) is 31.4 Å². The Balaban J connectivity index is 1.95. The summed E-state index contributed by atoms with van der Waals surface area (Å²) in [7, 11) is 0. The maximum Gasteiger partial charge on any atom is 0.319 e. The first-order valence-electron chi connectivity index (χ1n) is 6.82. The van der Waals surface area contributed by atoms with Crippen molar-refractivity contribution in [2.75, 3.05) is 11.1 Å². The zero-order valence-corrected chi connectivity index (χ0v) is 12.1. The predicted octanol–water partition coefficient (Wildman–Crippen LogP) is 3.05. The highest BCUT2D eigenvalue weighted by Crippen LogP contribution is 2.37. The first-order valence-corrected chi connectivity index (χ1v) is 6.82. The summed E-state index contributed by atoms with van der Waals surface area (Å²) in [5.74, 6) is 1.25. The third-order valence-corrected chi connectivity index (χ3v) is 3.87. The minimum absolute atomic E-state index is 0.139. The molecule has 4 N–H and O–H groups in total. The van der Waals surface area contributed by atoms with Crippen LogP contribution < -0.4 is 16.4 Å². The lowest BCUT2D eigenvalue weighted by atomic mass is 10.1. The van der Waals surface area contributed by atoms with Gasteiger partial charge in [-0.2, -0.15) is 0 Å². The van der Waals surface area contributed by atoms with Crippen LogP contribution in [0.5, 0.6) is 0 Å². The number of amides is 2. The van der Waals surface area contributed by atoms with E-state index in [4.69, 9.17) is 5.73 Å². The molecule has 1 aromatic carbocycles. The number of nitrogens with one attached hydrogen (secondary N) is 2. The van der Waals surface area contributed by atoms with E-state index in [1.165, 1.54) is 0 Å². The molecule has 0 bridgehead atoms. The van der Waals surface area contributed by atoms with Gasteiger partial charge in [-0.05, 0) is 49.3 Å². The number of carbonyl (C=O) groups is 1. The Morgan fingerprint density at radius 2 is 2.00 bits per heavy atom. The maximum atomic E-state index is 11.9. The molecule has 104 valence electrons. The molecular formula is C15H23N3O. The van der Waals surface area contributed by atoms with Crippen LogP contribution in [0.25, 0.3) is 0 Å². The van der Waals surface area contributed by atoms with Crippen molar-refractivity contribution in [2.45, 2.75) is 40.2 Å². The zero-order valence-electron chi connectivity index (χ0n) is 12.1. The highest BCUT2D eigenvalue weighted by molar-refractivity contribution is 5.91. The maximum absolute atomic E-state index is 11.9. The number of hydrogen-bond acceptors (Lipinski definition) is 2. The third kappa shape index (κ3) is 3.19. The van der Waals surface area contributed by atoms with E-state index < -0.39 is 0 Å². The Bertz CT molecular complexity index is 496. The Kier molecular flexibility index (Phi) is 3.69. The van der Waals surface area contributed by atoms with E-state index in [9.17, 15) is 4.79 Å². The molecule has 19 heavy (non-hydrogen) atoms. The highest BCUT2D eigenvalue weighted by atomic mass is 16.2. The molecule has 2 rings (SSSR count). The number of aryl methyl sites for hydroxylation is 2. The van der Waals surface area contributed by atoms with E-state index in [1.54, 1.807) is 0 Å². The van der Waals surface area contributed by atoms with Gasteiger partial charge in [0.25, 0.3) is 0 Å². The summed E-state index contributed by atoms with van der Waals surface area (Å²) >= 11 is 0. The smallest absolute Gasteiger partial charge is 0.319 e. The molecule has 4 heteroatoms. The molecule has 1 aliphatic rings. The lowest BCUT2D eigenvalue weighted by Gasteiger charge is -2.12. The molecule has 2 unspecified atom stereocenters. The van der Waals surface area contributed by atoms with Gasteiger partial charge in [0.15, 0.2) is 0 Å². The second kappa shape index (κ2) is 5.11. The van der Waals surface area contributed by atoms with Gasteiger partial charge in [0, 0.05) is 17.4 Å². The van der Waals surface area contributed by atoms with Crippen molar-refractivity contribution in [1.82, 2.24) is 5.32 Å². The lowest BCUT2D eigenvalue weighted by molar-refractivity contribution is 0.251. The molecule has 1 saturated carbocycles. The van der Waals surface area contributed by atoms with Crippen molar-refractivity contribution >= 4 is 17.4 Å². The summed E-state index contributed by atoms with van der Waals surface area (Å²) in [6, 6.07) is 3.98. The molecule has 2 atom stereocenters. The van der Waals surface area contributed by atoms with E-state index in [1.807, 2.05) is 26.0 Å². The number of urea groups is 1. The molecule has 0 spiro atoms. The van der Waals surface area contributed by atoms with E-state index >= 15 is 0 Å². The molecule has 1 aromatic rings. The van der Waals surface area contributed by atoms with Crippen molar-refractivity contribution in [3.05, 3.63) is 23.3 Å². The first-order chi connectivity index (χ1) is 8.88. The highest BCUT2D eigenvalue weighted by Gasteiger charge is 2.40. The summed E-state index contributed by atoms with van der Waals surface area (Å²) in [6.07, 6.45) is 1.08. The van der Waals surface area contributed by atoms with Gasteiger partial charge in [0.1, 0.15) is 0 Å². The Hall–Kier alpha value is -1.71. The normalized spacial score (nSPS) is 21.3.